The van der Waals surface area contributed by atoms with Crippen molar-refractivity contribution in [2.24, 2.45) is 0 Å². The summed E-state index contributed by atoms with van der Waals surface area (Å²) in [6.45, 7) is 5.88. The second-order valence-corrected chi connectivity index (χ2v) is 5.26. The van der Waals surface area contributed by atoms with E-state index >= 15 is 0 Å². The predicted molar refractivity (Wildman–Crippen MR) is 90.4 cm³/mol. The van der Waals surface area contributed by atoms with Crippen molar-refractivity contribution < 1.29 is 14.1 Å². The topological polar surface area (TPSA) is 103 Å². The number of ether oxygens (including phenoxy) is 1. The first-order valence-corrected chi connectivity index (χ1v) is 7.75. The van der Waals surface area contributed by atoms with Gasteiger partial charge in [0.1, 0.15) is 0 Å². The summed E-state index contributed by atoms with van der Waals surface area (Å²) in [4.78, 5) is 24.9. The van der Waals surface area contributed by atoms with Crippen LogP contribution in [0.15, 0.2) is 35.1 Å². The largest absolute Gasteiger partial charge is 0.464 e. The Kier molecular flexibility index (Phi) is 4.69. The summed E-state index contributed by atoms with van der Waals surface area (Å²) in [5.41, 5.74) is 2.65. The molecule has 0 fully saturated rings. The second-order valence-electron chi connectivity index (χ2n) is 5.26. The highest BCUT2D eigenvalue weighted by molar-refractivity contribution is 6.03. The maximum atomic E-state index is 12.4. The molecule has 1 amide bonds. The van der Waals surface area contributed by atoms with Gasteiger partial charge in [0, 0.05) is 24.0 Å². The molecule has 8 heteroatoms. The van der Waals surface area contributed by atoms with E-state index in [0.29, 0.717) is 29.4 Å². The van der Waals surface area contributed by atoms with Crippen LogP contribution in [0.5, 0.6) is 6.01 Å². The summed E-state index contributed by atoms with van der Waals surface area (Å²) in [6.07, 6.45) is 3.29. The fourth-order valence-electron chi connectivity index (χ4n) is 2.26. The minimum absolute atomic E-state index is 0.159. The number of hydrogen-bond donors (Lipinski definition) is 1. The Balaban J connectivity index is 1.80. The van der Waals surface area contributed by atoms with Crippen molar-refractivity contribution in [2.45, 2.75) is 20.8 Å². The summed E-state index contributed by atoms with van der Waals surface area (Å²) in [6, 6.07) is 5.45. The van der Waals surface area contributed by atoms with E-state index < -0.39 is 5.91 Å². The monoisotopic (exact) mass is 339 g/mol. The molecule has 8 nitrogen and oxygen atoms in total. The Bertz CT molecular complexity index is 869. The molecule has 0 spiro atoms. The zero-order chi connectivity index (χ0) is 17.8. The van der Waals surface area contributed by atoms with Gasteiger partial charge in [0.05, 0.1) is 23.7 Å². The first-order chi connectivity index (χ1) is 12.1. The maximum Gasteiger partial charge on any atom is 0.316 e. The van der Waals surface area contributed by atoms with E-state index in [2.05, 4.69) is 25.4 Å². The molecular weight excluding hydrogens is 322 g/mol. The van der Waals surface area contributed by atoms with Gasteiger partial charge in [-0.05, 0) is 32.9 Å². The average molecular weight is 339 g/mol. The van der Waals surface area contributed by atoms with Gasteiger partial charge in [0.2, 0.25) is 0 Å². The van der Waals surface area contributed by atoms with Crippen molar-refractivity contribution in [1.82, 2.24) is 20.1 Å². The van der Waals surface area contributed by atoms with Gasteiger partial charge < -0.3 is 14.6 Å². The molecule has 0 aliphatic rings. The van der Waals surface area contributed by atoms with Crippen LogP contribution in [-0.2, 0) is 0 Å². The third kappa shape index (κ3) is 3.63. The SMILES string of the molecule is CCOc1nc(C)c(NC(=O)c2cc(-c3cccnc3)on2)c(C)n1. The maximum absolute atomic E-state index is 12.4. The summed E-state index contributed by atoms with van der Waals surface area (Å²) in [5.74, 6) is 0.0625. The molecule has 0 bridgehead atoms. The summed E-state index contributed by atoms with van der Waals surface area (Å²) >= 11 is 0. The Morgan fingerprint density at radius 1 is 1.28 bits per heavy atom. The lowest BCUT2D eigenvalue weighted by Gasteiger charge is -2.11. The van der Waals surface area contributed by atoms with Gasteiger partial charge >= 0.3 is 6.01 Å². The minimum Gasteiger partial charge on any atom is -0.464 e. The molecule has 0 saturated heterocycles. The smallest absolute Gasteiger partial charge is 0.316 e. The summed E-state index contributed by atoms with van der Waals surface area (Å²) in [7, 11) is 0. The lowest BCUT2D eigenvalue weighted by molar-refractivity contribution is 0.101. The van der Waals surface area contributed by atoms with E-state index in [0.717, 1.165) is 5.56 Å². The van der Waals surface area contributed by atoms with Crippen LogP contribution < -0.4 is 10.1 Å². The van der Waals surface area contributed by atoms with Gasteiger partial charge in [-0.15, -0.1) is 0 Å². The molecule has 0 aromatic carbocycles. The first kappa shape index (κ1) is 16.6. The van der Waals surface area contributed by atoms with Gasteiger partial charge in [0.25, 0.3) is 5.91 Å². The van der Waals surface area contributed by atoms with Crippen LogP contribution in [0, 0.1) is 13.8 Å². The normalized spacial score (nSPS) is 10.5. The van der Waals surface area contributed by atoms with Crippen molar-refractivity contribution >= 4 is 11.6 Å². The fourth-order valence-corrected chi connectivity index (χ4v) is 2.26. The van der Waals surface area contributed by atoms with Gasteiger partial charge in [-0.1, -0.05) is 5.16 Å². The Hall–Kier alpha value is -3.29. The fraction of sp³-hybridized carbons (Fsp3) is 0.235. The van der Waals surface area contributed by atoms with E-state index in [1.54, 1.807) is 38.4 Å². The van der Waals surface area contributed by atoms with E-state index in [4.69, 9.17) is 9.26 Å². The van der Waals surface area contributed by atoms with Crippen LogP contribution in [-0.4, -0.2) is 32.6 Å². The number of amides is 1. The van der Waals surface area contributed by atoms with Crippen molar-refractivity contribution in [2.75, 3.05) is 11.9 Å². The number of hydrogen-bond acceptors (Lipinski definition) is 7. The number of rotatable bonds is 5. The third-order valence-electron chi connectivity index (χ3n) is 3.45. The Morgan fingerprint density at radius 2 is 2.04 bits per heavy atom. The van der Waals surface area contributed by atoms with Crippen LogP contribution in [0.2, 0.25) is 0 Å². The Morgan fingerprint density at radius 3 is 2.68 bits per heavy atom. The highest BCUT2D eigenvalue weighted by atomic mass is 16.5. The van der Waals surface area contributed by atoms with Gasteiger partial charge in [-0.2, -0.15) is 9.97 Å². The number of carbonyl (C=O) groups is 1. The van der Waals surface area contributed by atoms with Crippen molar-refractivity contribution in [3.63, 3.8) is 0 Å². The van der Waals surface area contributed by atoms with Crippen LogP contribution in [0.25, 0.3) is 11.3 Å². The van der Waals surface area contributed by atoms with E-state index in [-0.39, 0.29) is 11.7 Å². The molecule has 128 valence electrons. The van der Waals surface area contributed by atoms with Crippen LogP contribution >= 0.6 is 0 Å². The first-order valence-electron chi connectivity index (χ1n) is 7.75. The molecule has 0 saturated carbocycles. The van der Waals surface area contributed by atoms with Crippen LogP contribution in [0.3, 0.4) is 0 Å². The predicted octanol–water partition coefficient (Wildman–Crippen LogP) is 2.79. The molecule has 3 aromatic heterocycles. The standard InChI is InChI=1S/C17H17N5O3/c1-4-24-17-19-10(2)15(11(3)20-17)21-16(23)13-8-14(25-22-13)12-6-5-7-18-9-12/h5-9H,4H2,1-3H3,(H,21,23). The molecule has 0 radical (unpaired) electrons. The molecule has 0 aliphatic carbocycles. The van der Waals surface area contributed by atoms with E-state index in [1.165, 1.54) is 0 Å². The van der Waals surface area contributed by atoms with Crippen molar-refractivity contribution in [3.05, 3.63) is 47.7 Å². The number of carbonyl (C=O) groups excluding carboxylic acids is 1. The van der Waals surface area contributed by atoms with Gasteiger partial charge in [-0.3, -0.25) is 9.78 Å². The zero-order valence-electron chi connectivity index (χ0n) is 14.1. The lowest BCUT2D eigenvalue weighted by atomic mass is 10.2. The molecule has 0 unspecified atom stereocenters. The van der Waals surface area contributed by atoms with E-state index in [1.807, 2.05) is 13.0 Å². The number of anilines is 1. The van der Waals surface area contributed by atoms with Crippen molar-refractivity contribution in [3.8, 4) is 17.3 Å². The lowest BCUT2D eigenvalue weighted by Crippen LogP contribution is -2.15. The molecule has 3 aromatic rings. The molecular formula is C17H17N5O3. The molecule has 3 rings (SSSR count). The average Bonchev–Trinajstić information content (AvgIpc) is 3.09. The number of pyridine rings is 1. The molecule has 1 N–H and O–H groups in total. The quantitative estimate of drug-likeness (QED) is 0.762. The molecule has 25 heavy (non-hydrogen) atoms. The molecule has 3 heterocycles. The van der Waals surface area contributed by atoms with E-state index in [9.17, 15) is 4.79 Å². The Labute approximate surface area is 144 Å². The highest BCUT2D eigenvalue weighted by Gasteiger charge is 2.17. The van der Waals surface area contributed by atoms with Gasteiger partial charge in [-0.25, -0.2) is 0 Å². The highest BCUT2D eigenvalue weighted by Crippen LogP contribution is 2.22. The number of nitrogens with zero attached hydrogens (tertiary/aromatic N) is 4. The van der Waals surface area contributed by atoms with Crippen molar-refractivity contribution in [1.29, 1.82) is 0 Å². The number of aryl methyl sites for hydroxylation is 2. The van der Waals surface area contributed by atoms with Crippen LogP contribution in [0.4, 0.5) is 5.69 Å². The van der Waals surface area contributed by atoms with Crippen LogP contribution in [0.1, 0.15) is 28.8 Å². The molecule has 0 aliphatic heterocycles. The summed E-state index contributed by atoms with van der Waals surface area (Å²) < 4.78 is 10.5. The second kappa shape index (κ2) is 7.08. The third-order valence-corrected chi connectivity index (χ3v) is 3.45. The minimum atomic E-state index is -0.405. The summed E-state index contributed by atoms with van der Waals surface area (Å²) in [5, 5.41) is 6.59. The molecule has 0 atom stereocenters. The number of aromatic nitrogens is 4. The number of nitrogens with one attached hydrogen (secondary N) is 1. The van der Waals surface area contributed by atoms with Gasteiger partial charge in [0.15, 0.2) is 11.5 Å². The zero-order valence-corrected chi connectivity index (χ0v) is 14.1.